The minimum absolute atomic E-state index is 0.346. The lowest BCUT2D eigenvalue weighted by molar-refractivity contribution is -0.385. The Kier molecular flexibility index (Phi) is 3.12. The number of phenolic OH excluding ortho intramolecular Hbond substituents is 1. The first-order valence-electron chi connectivity index (χ1n) is 6.24. The van der Waals surface area contributed by atoms with E-state index in [1.165, 1.54) is 12.1 Å². The van der Waals surface area contributed by atoms with E-state index in [9.17, 15) is 15.2 Å². The second-order valence-corrected chi connectivity index (χ2v) is 4.47. The van der Waals surface area contributed by atoms with Crippen molar-refractivity contribution >= 4 is 28.1 Å². The summed E-state index contributed by atoms with van der Waals surface area (Å²) in [6, 6.07) is 15.5. The van der Waals surface area contributed by atoms with E-state index in [0.29, 0.717) is 11.5 Å². The zero-order valence-corrected chi connectivity index (χ0v) is 10.9. The number of nitrogens with zero attached hydrogens (tertiary/aromatic N) is 2. The van der Waals surface area contributed by atoms with Gasteiger partial charge >= 0.3 is 5.69 Å². The highest BCUT2D eigenvalue weighted by Crippen LogP contribution is 2.30. The summed E-state index contributed by atoms with van der Waals surface area (Å²) < 4.78 is 0. The third kappa shape index (κ3) is 2.59. The Bertz CT molecular complexity index is 833. The molecule has 21 heavy (non-hydrogen) atoms. The first-order chi connectivity index (χ1) is 10.1. The Balaban J connectivity index is 1.94. The summed E-state index contributed by atoms with van der Waals surface area (Å²) in [7, 11) is 0. The quantitative estimate of drug-likeness (QED) is 0.435. The highest BCUT2D eigenvalue weighted by atomic mass is 16.6. The second kappa shape index (κ2) is 5.09. The Hall–Kier alpha value is -3.15. The van der Waals surface area contributed by atoms with Crippen LogP contribution in [0.15, 0.2) is 54.6 Å². The fourth-order valence-corrected chi connectivity index (χ4v) is 2.03. The van der Waals surface area contributed by atoms with E-state index in [2.05, 4.69) is 10.3 Å². The molecular weight excluding hydrogens is 270 g/mol. The lowest BCUT2D eigenvalue weighted by Gasteiger charge is -2.07. The molecule has 3 aromatic rings. The number of anilines is 2. The number of pyridine rings is 1. The maximum atomic E-state index is 10.8. The predicted molar refractivity (Wildman–Crippen MR) is 79.8 cm³/mol. The topological polar surface area (TPSA) is 88.3 Å². The van der Waals surface area contributed by atoms with Gasteiger partial charge in [-0.05, 0) is 30.3 Å². The zero-order valence-electron chi connectivity index (χ0n) is 10.9. The van der Waals surface area contributed by atoms with Crippen LogP contribution in [0, 0.1) is 10.1 Å². The van der Waals surface area contributed by atoms with Crippen molar-refractivity contribution in [2.75, 3.05) is 5.32 Å². The number of hydrogen-bond donors (Lipinski definition) is 2. The van der Waals surface area contributed by atoms with Gasteiger partial charge in [-0.25, -0.2) is 4.98 Å². The van der Waals surface area contributed by atoms with E-state index in [1.807, 2.05) is 30.3 Å². The Morgan fingerprint density at radius 1 is 1.10 bits per heavy atom. The third-order valence-electron chi connectivity index (χ3n) is 3.04. The number of aromatic hydroxyl groups is 1. The normalized spacial score (nSPS) is 10.5. The highest BCUT2D eigenvalue weighted by molar-refractivity contribution is 5.80. The van der Waals surface area contributed by atoms with Gasteiger partial charge in [0.1, 0.15) is 5.82 Å². The molecule has 3 rings (SSSR count). The number of aromatic nitrogens is 1. The summed E-state index contributed by atoms with van der Waals surface area (Å²) in [6.07, 6.45) is 0. The monoisotopic (exact) mass is 281 g/mol. The van der Waals surface area contributed by atoms with Gasteiger partial charge in [0.2, 0.25) is 0 Å². The van der Waals surface area contributed by atoms with Crippen molar-refractivity contribution in [2.24, 2.45) is 0 Å². The number of nitrogens with one attached hydrogen (secondary N) is 1. The fraction of sp³-hybridized carbons (Fsp3) is 0. The summed E-state index contributed by atoms with van der Waals surface area (Å²) in [5.74, 6) is 0.214. The fourth-order valence-electron chi connectivity index (χ4n) is 2.03. The maximum Gasteiger partial charge on any atom is 0.312 e. The lowest BCUT2D eigenvalue weighted by Crippen LogP contribution is -1.95. The summed E-state index contributed by atoms with van der Waals surface area (Å²) in [5, 5.41) is 24.2. The molecule has 0 bridgehead atoms. The van der Waals surface area contributed by atoms with Gasteiger partial charge in [-0.15, -0.1) is 0 Å². The molecule has 6 heteroatoms. The summed E-state index contributed by atoms with van der Waals surface area (Å²) in [5.41, 5.74) is 0.971. The first-order valence-corrected chi connectivity index (χ1v) is 6.24. The van der Waals surface area contributed by atoms with Crippen molar-refractivity contribution in [3.63, 3.8) is 0 Å². The second-order valence-electron chi connectivity index (χ2n) is 4.47. The van der Waals surface area contributed by atoms with E-state index in [1.54, 1.807) is 12.1 Å². The van der Waals surface area contributed by atoms with Gasteiger partial charge < -0.3 is 10.4 Å². The van der Waals surface area contributed by atoms with Crippen LogP contribution in [0.3, 0.4) is 0 Å². The molecule has 104 valence electrons. The molecule has 0 unspecified atom stereocenters. The minimum atomic E-state index is -0.631. The molecule has 0 spiro atoms. The number of nitro groups is 1. The molecule has 0 saturated carbocycles. The largest absolute Gasteiger partial charge is 0.502 e. The number of para-hydroxylation sites is 1. The van der Waals surface area contributed by atoms with Gasteiger partial charge in [-0.1, -0.05) is 18.2 Å². The van der Waals surface area contributed by atoms with Crippen LogP contribution >= 0.6 is 0 Å². The van der Waals surface area contributed by atoms with Gasteiger partial charge in [0.05, 0.1) is 10.4 Å². The molecule has 1 heterocycles. The number of rotatable bonds is 3. The number of benzene rings is 2. The van der Waals surface area contributed by atoms with Crippen molar-refractivity contribution in [3.05, 3.63) is 64.7 Å². The molecule has 0 saturated heterocycles. The van der Waals surface area contributed by atoms with Crippen molar-refractivity contribution in [1.29, 1.82) is 0 Å². The molecule has 0 atom stereocenters. The van der Waals surface area contributed by atoms with Crippen molar-refractivity contribution in [3.8, 4) is 5.75 Å². The number of nitro benzene ring substituents is 1. The summed E-state index contributed by atoms with van der Waals surface area (Å²) in [4.78, 5) is 14.6. The molecule has 6 nitrogen and oxygen atoms in total. The average Bonchev–Trinajstić information content (AvgIpc) is 2.49. The van der Waals surface area contributed by atoms with Crippen LogP contribution < -0.4 is 5.32 Å². The lowest BCUT2D eigenvalue weighted by atomic mass is 10.2. The van der Waals surface area contributed by atoms with Crippen LogP contribution in [0.5, 0.6) is 5.75 Å². The van der Waals surface area contributed by atoms with Crippen molar-refractivity contribution in [1.82, 2.24) is 4.98 Å². The van der Waals surface area contributed by atoms with Gasteiger partial charge in [0, 0.05) is 17.1 Å². The molecule has 1 aromatic heterocycles. The van der Waals surface area contributed by atoms with Crippen LogP contribution in [-0.2, 0) is 0 Å². The van der Waals surface area contributed by atoms with E-state index in [4.69, 9.17) is 0 Å². The van der Waals surface area contributed by atoms with Crippen molar-refractivity contribution < 1.29 is 10.0 Å². The Labute approximate surface area is 119 Å². The zero-order chi connectivity index (χ0) is 14.8. The minimum Gasteiger partial charge on any atom is -0.502 e. The van der Waals surface area contributed by atoms with Crippen LogP contribution in [0.2, 0.25) is 0 Å². The van der Waals surface area contributed by atoms with E-state index >= 15 is 0 Å². The van der Waals surface area contributed by atoms with Crippen LogP contribution in [0.25, 0.3) is 10.9 Å². The molecule has 0 amide bonds. The van der Waals surface area contributed by atoms with Crippen molar-refractivity contribution in [2.45, 2.75) is 0 Å². The van der Waals surface area contributed by atoms with Crippen LogP contribution in [-0.4, -0.2) is 15.0 Å². The van der Waals surface area contributed by atoms with Gasteiger partial charge in [-0.2, -0.15) is 0 Å². The summed E-state index contributed by atoms with van der Waals surface area (Å²) in [6.45, 7) is 0. The third-order valence-corrected chi connectivity index (χ3v) is 3.04. The standard InChI is InChI=1S/C15H11N3O3/c19-14-7-6-11(9-13(14)18(20)21)16-15-8-5-10-3-1-2-4-12(10)17-15/h1-9,19H,(H,16,17). The molecule has 0 aliphatic carbocycles. The first kappa shape index (κ1) is 12.9. The molecule has 0 aliphatic rings. The number of phenols is 1. The predicted octanol–water partition coefficient (Wildman–Crippen LogP) is 3.59. The molecule has 0 aliphatic heterocycles. The smallest absolute Gasteiger partial charge is 0.312 e. The van der Waals surface area contributed by atoms with E-state index in [0.717, 1.165) is 10.9 Å². The van der Waals surface area contributed by atoms with Gasteiger partial charge in [-0.3, -0.25) is 10.1 Å². The van der Waals surface area contributed by atoms with Crippen LogP contribution in [0.1, 0.15) is 0 Å². The Morgan fingerprint density at radius 3 is 2.71 bits per heavy atom. The summed E-state index contributed by atoms with van der Waals surface area (Å²) >= 11 is 0. The van der Waals surface area contributed by atoms with E-state index in [-0.39, 0.29) is 11.4 Å². The Morgan fingerprint density at radius 2 is 1.90 bits per heavy atom. The van der Waals surface area contributed by atoms with Gasteiger partial charge in [0.15, 0.2) is 5.75 Å². The average molecular weight is 281 g/mol. The maximum absolute atomic E-state index is 10.8. The number of hydrogen-bond acceptors (Lipinski definition) is 5. The molecule has 0 radical (unpaired) electrons. The SMILES string of the molecule is O=[N+]([O-])c1cc(Nc2ccc3ccccc3n2)ccc1O. The van der Waals surface area contributed by atoms with Crippen LogP contribution in [0.4, 0.5) is 17.2 Å². The number of fused-ring (bicyclic) bond motifs is 1. The highest BCUT2D eigenvalue weighted by Gasteiger charge is 2.13. The molecule has 0 fully saturated rings. The molecular formula is C15H11N3O3. The molecule has 2 aromatic carbocycles. The van der Waals surface area contributed by atoms with E-state index < -0.39 is 4.92 Å². The molecule has 2 N–H and O–H groups in total. The van der Waals surface area contributed by atoms with Gasteiger partial charge in [0.25, 0.3) is 0 Å².